The van der Waals surface area contributed by atoms with Gasteiger partial charge in [0, 0.05) is 6.20 Å². The van der Waals surface area contributed by atoms with Crippen LogP contribution >= 0.6 is 0 Å². The Morgan fingerprint density at radius 2 is 1.80 bits per heavy atom. The molecule has 0 bridgehead atoms. The highest BCUT2D eigenvalue weighted by molar-refractivity contribution is 6.50. The number of nitrogens with zero attached hydrogens (tertiary/aromatic N) is 1. The normalized spacial score (nSPS) is 19.0. The third-order valence-corrected chi connectivity index (χ3v) is 2.00. The van der Waals surface area contributed by atoms with Crippen LogP contribution in [0.15, 0.2) is 65.9 Å². The second-order valence-electron chi connectivity index (χ2n) is 3.02. The van der Waals surface area contributed by atoms with Crippen LogP contribution < -0.4 is 0 Å². The number of rotatable bonds is 3. The minimum Gasteiger partial charge on any atom is -0.299 e. The molecule has 0 saturated carbocycles. The molecule has 0 atom stereocenters. The predicted molar refractivity (Wildman–Crippen MR) is 66.5 cm³/mol. The molecule has 1 N–H and O–H groups in total. The van der Waals surface area contributed by atoms with Crippen LogP contribution in [-0.4, -0.2) is 11.4 Å². The Morgan fingerprint density at radius 3 is 2.33 bits per heavy atom. The molecule has 2 nitrogen and oxygen atoms in total. The van der Waals surface area contributed by atoms with Crippen LogP contribution in [-0.2, 0) is 0 Å². The van der Waals surface area contributed by atoms with Gasteiger partial charge in [0.2, 0.25) is 0 Å². The molecule has 0 heterocycles. The topological polar surface area (TPSA) is 36.2 Å². The molecule has 15 heavy (non-hydrogen) atoms. The highest BCUT2D eigenvalue weighted by Gasteiger charge is 2.11. The fraction of sp³-hybridized carbons (Fsp3) is 0.0769. The molecule has 1 aliphatic rings. The Kier molecular flexibility index (Phi) is 3.75. The van der Waals surface area contributed by atoms with Crippen molar-refractivity contribution >= 4 is 11.4 Å². The molecule has 2 heteroatoms. The Morgan fingerprint density at radius 1 is 1.20 bits per heavy atom. The first-order valence-corrected chi connectivity index (χ1v) is 4.69. The van der Waals surface area contributed by atoms with Gasteiger partial charge in [-0.05, 0) is 30.2 Å². The third-order valence-electron chi connectivity index (χ3n) is 2.00. The molecule has 0 fully saturated rings. The van der Waals surface area contributed by atoms with Crippen molar-refractivity contribution in [2.45, 2.75) is 6.92 Å². The Hall–Kier alpha value is -1.96. The fourth-order valence-corrected chi connectivity index (χ4v) is 1.24. The van der Waals surface area contributed by atoms with Crippen molar-refractivity contribution in [2.24, 2.45) is 4.99 Å². The highest BCUT2D eigenvalue weighted by Crippen LogP contribution is 2.17. The molecular weight excluding hydrogens is 184 g/mol. The predicted octanol–water partition coefficient (Wildman–Crippen LogP) is 3.22. The quantitative estimate of drug-likeness (QED) is 0.676. The molecule has 0 spiro atoms. The smallest absolute Gasteiger partial charge is 0.0885 e. The van der Waals surface area contributed by atoms with E-state index in [9.17, 15) is 0 Å². The van der Waals surface area contributed by atoms with Crippen molar-refractivity contribution < 1.29 is 0 Å². The minimum atomic E-state index is 0.397. The molecular formula is C13H14N2. The van der Waals surface area contributed by atoms with Gasteiger partial charge in [-0.2, -0.15) is 0 Å². The summed E-state index contributed by atoms with van der Waals surface area (Å²) in [6, 6.07) is 0. The molecule has 0 amide bonds. The van der Waals surface area contributed by atoms with Gasteiger partial charge in [0.15, 0.2) is 0 Å². The Labute approximate surface area is 90.2 Å². The Balaban J connectivity index is 3.15. The van der Waals surface area contributed by atoms with Gasteiger partial charge in [-0.25, -0.2) is 0 Å². The van der Waals surface area contributed by atoms with Crippen LogP contribution in [0, 0.1) is 5.41 Å². The van der Waals surface area contributed by atoms with Crippen LogP contribution in [0.1, 0.15) is 6.92 Å². The van der Waals surface area contributed by atoms with Gasteiger partial charge in [0.05, 0.1) is 11.4 Å². The lowest BCUT2D eigenvalue weighted by Gasteiger charge is -2.11. The molecule has 76 valence electrons. The maximum Gasteiger partial charge on any atom is 0.0885 e. The van der Waals surface area contributed by atoms with Gasteiger partial charge < -0.3 is 0 Å². The number of aliphatic imine (C=N–C) groups is 1. The maximum atomic E-state index is 7.76. The standard InChI is InChI=1S/C13H14N2/c1-4-7-15-13-9-11(6-3)10(5-2)8-12(13)14/h4-9,14H,2-3H2,1H3/b7-4-,14-12?,15-13?. The summed E-state index contributed by atoms with van der Waals surface area (Å²) in [4.78, 5) is 4.16. The zero-order valence-corrected chi connectivity index (χ0v) is 8.83. The van der Waals surface area contributed by atoms with Crippen molar-refractivity contribution in [1.29, 1.82) is 5.41 Å². The minimum absolute atomic E-state index is 0.397. The number of allylic oxidation sites excluding steroid dienone is 7. The number of hydrogen-bond donors (Lipinski definition) is 1. The third kappa shape index (κ3) is 2.50. The summed E-state index contributed by atoms with van der Waals surface area (Å²) in [5, 5.41) is 7.76. The molecule has 0 aliphatic heterocycles. The summed E-state index contributed by atoms with van der Waals surface area (Å²) in [5.41, 5.74) is 2.90. The first-order valence-electron chi connectivity index (χ1n) is 4.69. The zero-order chi connectivity index (χ0) is 11.3. The van der Waals surface area contributed by atoms with E-state index in [4.69, 9.17) is 5.41 Å². The first-order chi connectivity index (χ1) is 7.22. The maximum absolute atomic E-state index is 7.76. The van der Waals surface area contributed by atoms with Gasteiger partial charge in [-0.15, -0.1) is 0 Å². The van der Waals surface area contributed by atoms with Gasteiger partial charge >= 0.3 is 0 Å². The van der Waals surface area contributed by atoms with E-state index in [1.807, 2.05) is 19.1 Å². The second-order valence-corrected chi connectivity index (χ2v) is 3.02. The van der Waals surface area contributed by atoms with Crippen molar-refractivity contribution in [3.63, 3.8) is 0 Å². The number of nitrogens with one attached hydrogen (secondary N) is 1. The second kappa shape index (κ2) is 5.05. The van der Waals surface area contributed by atoms with E-state index in [0.29, 0.717) is 11.4 Å². The van der Waals surface area contributed by atoms with Gasteiger partial charge in [-0.3, -0.25) is 10.4 Å². The monoisotopic (exact) mass is 198 g/mol. The van der Waals surface area contributed by atoms with Gasteiger partial charge in [-0.1, -0.05) is 31.4 Å². The van der Waals surface area contributed by atoms with E-state index < -0.39 is 0 Å². The van der Waals surface area contributed by atoms with Crippen LogP contribution in [0.25, 0.3) is 0 Å². The molecule has 0 unspecified atom stereocenters. The largest absolute Gasteiger partial charge is 0.299 e. The summed E-state index contributed by atoms with van der Waals surface area (Å²) in [6.07, 6.45) is 10.5. The first kappa shape index (κ1) is 11.1. The van der Waals surface area contributed by atoms with E-state index >= 15 is 0 Å². The summed E-state index contributed by atoms with van der Waals surface area (Å²) >= 11 is 0. The van der Waals surface area contributed by atoms with Crippen molar-refractivity contribution in [2.75, 3.05) is 0 Å². The van der Waals surface area contributed by atoms with Crippen LogP contribution in [0.3, 0.4) is 0 Å². The van der Waals surface area contributed by atoms with Crippen molar-refractivity contribution in [3.8, 4) is 0 Å². The highest BCUT2D eigenvalue weighted by atomic mass is 14.7. The number of hydrogen-bond acceptors (Lipinski definition) is 2. The van der Waals surface area contributed by atoms with E-state index in [1.165, 1.54) is 0 Å². The summed E-state index contributed by atoms with van der Waals surface area (Å²) < 4.78 is 0. The van der Waals surface area contributed by atoms with Crippen LogP contribution in [0.4, 0.5) is 0 Å². The summed E-state index contributed by atoms with van der Waals surface area (Å²) in [6.45, 7) is 9.31. The van der Waals surface area contributed by atoms with Crippen LogP contribution in [0.2, 0.25) is 0 Å². The zero-order valence-electron chi connectivity index (χ0n) is 8.83. The SMILES string of the molecule is C=CC1=CC(=N)C(=N/C=C\C)C=C1C=C. The van der Waals surface area contributed by atoms with Crippen LogP contribution in [0.5, 0.6) is 0 Å². The summed E-state index contributed by atoms with van der Waals surface area (Å²) in [5.74, 6) is 0. The molecule has 0 saturated heterocycles. The fourth-order valence-electron chi connectivity index (χ4n) is 1.24. The molecule has 0 radical (unpaired) electrons. The van der Waals surface area contributed by atoms with Gasteiger partial charge in [0.25, 0.3) is 0 Å². The summed E-state index contributed by atoms with van der Waals surface area (Å²) in [7, 11) is 0. The average molecular weight is 198 g/mol. The van der Waals surface area contributed by atoms with E-state index in [0.717, 1.165) is 11.1 Å². The lowest BCUT2D eigenvalue weighted by Crippen LogP contribution is -2.13. The van der Waals surface area contributed by atoms with Crippen molar-refractivity contribution in [1.82, 2.24) is 0 Å². The van der Waals surface area contributed by atoms with Gasteiger partial charge in [0.1, 0.15) is 0 Å². The lowest BCUT2D eigenvalue weighted by atomic mass is 9.95. The van der Waals surface area contributed by atoms with E-state index in [1.54, 1.807) is 24.4 Å². The molecule has 0 aromatic heterocycles. The molecule has 1 aliphatic carbocycles. The van der Waals surface area contributed by atoms with E-state index in [-0.39, 0.29) is 0 Å². The van der Waals surface area contributed by atoms with Crippen molar-refractivity contribution in [3.05, 3.63) is 60.9 Å². The Bertz CT molecular complexity index is 418. The van der Waals surface area contributed by atoms with E-state index in [2.05, 4.69) is 18.2 Å². The molecule has 1 rings (SSSR count). The lowest BCUT2D eigenvalue weighted by molar-refractivity contribution is 1.46. The molecule has 0 aromatic rings. The molecule has 0 aromatic carbocycles. The average Bonchev–Trinajstić information content (AvgIpc) is 2.27.